The minimum absolute atomic E-state index is 0.0192. The minimum atomic E-state index is -0.155. The van der Waals surface area contributed by atoms with Crippen molar-refractivity contribution in [3.05, 3.63) is 161 Å². The Balaban J connectivity index is 1.22. The Bertz CT molecular complexity index is 3000. The molecule has 0 bridgehead atoms. The second-order valence-corrected chi connectivity index (χ2v) is 19.0. The number of nitrogens with zero attached hydrogens (tertiary/aromatic N) is 2. The first kappa shape index (κ1) is 35.9. The maximum absolute atomic E-state index is 7.13. The van der Waals surface area contributed by atoms with E-state index in [0.717, 1.165) is 86.0 Å². The number of hydrogen-bond acceptors (Lipinski definition) is 4. The van der Waals surface area contributed by atoms with Crippen LogP contribution in [0.4, 0.5) is 34.1 Å². The van der Waals surface area contributed by atoms with Gasteiger partial charge >= 0.3 is 6.71 Å². The van der Waals surface area contributed by atoms with E-state index in [0.29, 0.717) is 0 Å². The second-order valence-electron chi connectivity index (χ2n) is 19.0. The summed E-state index contributed by atoms with van der Waals surface area (Å²) in [6.45, 7) is 15.7. The van der Waals surface area contributed by atoms with E-state index in [1.54, 1.807) is 0 Å². The molecule has 0 amide bonds. The number of fused-ring (bicyclic) bond motifs is 8. The van der Waals surface area contributed by atoms with Gasteiger partial charge in [0.25, 0.3) is 0 Å². The molecular formula is C54H49BN2O2. The van der Waals surface area contributed by atoms with Crippen LogP contribution >= 0.6 is 0 Å². The molecule has 0 atom stereocenters. The lowest BCUT2D eigenvalue weighted by Gasteiger charge is -2.39. The summed E-state index contributed by atoms with van der Waals surface area (Å²) in [5.41, 5.74) is 17.4. The van der Waals surface area contributed by atoms with E-state index in [-0.39, 0.29) is 17.5 Å². The second kappa shape index (κ2) is 12.9. The molecule has 0 radical (unpaired) electrons. The lowest BCUT2D eigenvalue weighted by atomic mass is 9.36. The van der Waals surface area contributed by atoms with Crippen molar-refractivity contribution in [2.24, 2.45) is 0 Å². The van der Waals surface area contributed by atoms with Crippen molar-refractivity contribution >= 4 is 79.2 Å². The first-order chi connectivity index (χ1) is 28.4. The van der Waals surface area contributed by atoms with Crippen molar-refractivity contribution in [2.45, 2.75) is 78.6 Å². The monoisotopic (exact) mass is 768 g/mol. The van der Waals surface area contributed by atoms with Crippen LogP contribution in [0.15, 0.2) is 138 Å². The Morgan fingerprint density at radius 3 is 2.14 bits per heavy atom. The number of benzene rings is 7. The van der Waals surface area contributed by atoms with Gasteiger partial charge in [0.05, 0.1) is 17.0 Å². The highest BCUT2D eigenvalue weighted by Crippen LogP contribution is 2.49. The molecule has 0 saturated carbocycles. The van der Waals surface area contributed by atoms with Crippen LogP contribution in [0.3, 0.4) is 0 Å². The molecule has 0 saturated heterocycles. The minimum Gasteiger partial charge on any atom is -0.468 e. The molecule has 2 aliphatic heterocycles. The zero-order valence-corrected chi connectivity index (χ0v) is 35.1. The molecule has 8 aromatic rings. The number of ether oxygens (including phenoxy) is 1. The van der Waals surface area contributed by atoms with Crippen LogP contribution in [0.5, 0.6) is 11.5 Å². The third-order valence-electron chi connectivity index (χ3n) is 13.0. The van der Waals surface area contributed by atoms with E-state index in [4.69, 9.17) is 9.15 Å². The van der Waals surface area contributed by atoms with Gasteiger partial charge in [0.1, 0.15) is 17.1 Å². The van der Waals surface area contributed by atoms with E-state index >= 15 is 0 Å². The van der Waals surface area contributed by atoms with Crippen molar-refractivity contribution in [1.29, 1.82) is 0 Å². The van der Waals surface area contributed by atoms with Gasteiger partial charge in [-0.1, -0.05) is 114 Å². The summed E-state index contributed by atoms with van der Waals surface area (Å²) in [6.07, 6.45) is 3.45. The van der Waals surface area contributed by atoms with Crippen LogP contribution in [0.25, 0.3) is 21.7 Å². The van der Waals surface area contributed by atoms with E-state index < -0.39 is 0 Å². The van der Waals surface area contributed by atoms with Gasteiger partial charge in [-0.3, -0.25) is 0 Å². The molecule has 11 rings (SSSR count). The normalized spacial score (nSPS) is 14.2. The Kier molecular flexibility index (Phi) is 7.86. The van der Waals surface area contributed by atoms with Crippen molar-refractivity contribution in [2.75, 3.05) is 9.80 Å². The number of aryl methyl sites for hydroxylation is 3. The topological polar surface area (TPSA) is 28.9 Å². The molecule has 0 fully saturated rings. The van der Waals surface area contributed by atoms with Gasteiger partial charge in [0.15, 0.2) is 0 Å². The highest BCUT2D eigenvalue weighted by molar-refractivity contribution is 6.99. The zero-order valence-electron chi connectivity index (χ0n) is 35.1. The number of rotatable bonds is 4. The summed E-state index contributed by atoms with van der Waals surface area (Å²) in [5.74, 6) is 1.72. The van der Waals surface area contributed by atoms with Gasteiger partial charge in [-0.15, -0.1) is 0 Å². The van der Waals surface area contributed by atoms with E-state index in [1.807, 2.05) is 0 Å². The Morgan fingerprint density at radius 2 is 1.34 bits per heavy atom. The first-order valence-electron chi connectivity index (χ1n) is 21.2. The highest BCUT2D eigenvalue weighted by atomic mass is 16.5. The number of hydrogen-bond donors (Lipinski definition) is 0. The van der Waals surface area contributed by atoms with Crippen LogP contribution in [0.2, 0.25) is 0 Å². The molecule has 3 aliphatic rings. The average Bonchev–Trinajstić information content (AvgIpc) is 3.85. The Hall–Kier alpha value is -6.20. The van der Waals surface area contributed by atoms with Crippen LogP contribution in [0.1, 0.15) is 75.8 Å². The molecule has 0 unspecified atom stereocenters. The predicted molar refractivity (Wildman–Crippen MR) is 248 cm³/mol. The summed E-state index contributed by atoms with van der Waals surface area (Å²) < 4.78 is 14.2. The first-order valence-corrected chi connectivity index (χ1v) is 21.2. The highest BCUT2D eigenvalue weighted by Gasteiger charge is 2.46. The third-order valence-corrected chi connectivity index (χ3v) is 13.0. The van der Waals surface area contributed by atoms with E-state index in [2.05, 4.69) is 192 Å². The van der Waals surface area contributed by atoms with Crippen LogP contribution in [-0.2, 0) is 23.7 Å². The molecule has 0 spiro atoms. The molecule has 3 heterocycles. The van der Waals surface area contributed by atoms with Crippen molar-refractivity contribution in [3.63, 3.8) is 0 Å². The van der Waals surface area contributed by atoms with Gasteiger partial charge in [0, 0.05) is 39.7 Å². The molecule has 59 heavy (non-hydrogen) atoms. The Labute approximate surface area is 348 Å². The van der Waals surface area contributed by atoms with Crippen LogP contribution < -0.4 is 31.1 Å². The maximum atomic E-state index is 7.13. The maximum Gasteiger partial charge on any atom is 0.301 e. The van der Waals surface area contributed by atoms with Gasteiger partial charge in [0.2, 0.25) is 0 Å². The van der Waals surface area contributed by atoms with Gasteiger partial charge < -0.3 is 19.0 Å². The van der Waals surface area contributed by atoms with Gasteiger partial charge in [-0.2, -0.15) is 0 Å². The summed E-state index contributed by atoms with van der Waals surface area (Å²) in [4.78, 5) is 4.90. The summed E-state index contributed by atoms with van der Waals surface area (Å²) >= 11 is 0. The summed E-state index contributed by atoms with van der Waals surface area (Å²) in [5, 5.41) is 3.55. The average molecular weight is 769 g/mol. The SMILES string of the molecule is Cc1ccc2c(c1)B1c3oc4ccc(C(C)(C)C)cc4c3N(c3ccc(C(C)(C)C)cc3)c3cc(N(c4ccc5c(c4)CCC5)c4ccc5ccccc5c4)cc(c31)O2. The van der Waals surface area contributed by atoms with E-state index in [1.165, 1.54) is 45.0 Å². The molecule has 290 valence electrons. The lowest BCUT2D eigenvalue weighted by molar-refractivity contribution is 0.487. The van der Waals surface area contributed by atoms with Crippen LogP contribution in [-0.4, -0.2) is 6.71 Å². The smallest absolute Gasteiger partial charge is 0.301 e. The van der Waals surface area contributed by atoms with Gasteiger partial charge in [-0.05, 0) is 136 Å². The molecule has 0 N–H and O–H groups in total. The summed E-state index contributed by atoms with van der Waals surface area (Å²) in [6, 6.07) is 49.8. The third kappa shape index (κ3) is 5.80. The number of anilines is 6. The fourth-order valence-corrected chi connectivity index (χ4v) is 9.78. The molecule has 7 aromatic carbocycles. The predicted octanol–water partition coefficient (Wildman–Crippen LogP) is 12.9. The molecule has 1 aliphatic carbocycles. The van der Waals surface area contributed by atoms with Crippen LogP contribution in [0, 0.1) is 6.92 Å². The lowest BCUT2D eigenvalue weighted by Crippen LogP contribution is -2.59. The quantitative estimate of drug-likeness (QED) is 0.167. The van der Waals surface area contributed by atoms with Crippen molar-refractivity contribution < 1.29 is 9.15 Å². The zero-order chi connectivity index (χ0) is 40.4. The molecule has 4 nitrogen and oxygen atoms in total. The fourth-order valence-electron chi connectivity index (χ4n) is 9.78. The molecular weight excluding hydrogens is 719 g/mol. The fraction of sp³-hybridized carbons (Fsp3) is 0.222. The molecule has 1 aromatic heterocycles. The van der Waals surface area contributed by atoms with E-state index in [9.17, 15) is 0 Å². The standard InChI is InChI=1S/C54H49BN2O2/c1-33-15-25-48-45(27-33)55-50-46(57(40-23-18-38(19-24-40)53(2,3)4)51-44-30-39(54(5,6)7)20-26-47(44)59-52(51)55)31-43(32-49(50)58-48)56(42-22-17-35-13-10-14-37(35)29-42)41-21-16-34-11-8-9-12-36(34)28-41/h8-9,11-12,15-32H,10,13-14H2,1-7H3. The number of furan rings is 1. The largest absolute Gasteiger partial charge is 0.468 e. The van der Waals surface area contributed by atoms with Crippen molar-refractivity contribution in [1.82, 2.24) is 0 Å². The summed E-state index contributed by atoms with van der Waals surface area (Å²) in [7, 11) is 0. The van der Waals surface area contributed by atoms with Gasteiger partial charge in [-0.25, -0.2) is 0 Å². The van der Waals surface area contributed by atoms with Crippen molar-refractivity contribution in [3.8, 4) is 11.5 Å². The Morgan fingerprint density at radius 1 is 0.610 bits per heavy atom. The molecule has 5 heteroatoms.